The predicted molar refractivity (Wildman–Crippen MR) is 329 cm³/mol. The van der Waals surface area contributed by atoms with Crippen LogP contribution in [0, 0.1) is 0 Å². The lowest BCUT2D eigenvalue weighted by atomic mass is 9.62. The van der Waals surface area contributed by atoms with Gasteiger partial charge in [-0.2, -0.15) is 0 Å². The summed E-state index contributed by atoms with van der Waals surface area (Å²) in [6.07, 6.45) is 2.32. The second kappa shape index (κ2) is 15.7. The highest BCUT2D eigenvalue weighted by atomic mass is 79.9. The Bertz CT molecular complexity index is 4030. The van der Waals surface area contributed by atoms with E-state index in [2.05, 4.69) is 259 Å². The highest BCUT2D eigenvalue weighted by molar-refractivity contribution is 9.10. The molecule has 0 amide bonds. The van der Waals surface area contributed by atoms with E-state index in [0.29, 0.717) is 0 Å². The molecule has 1 spiro atoms. The van der Waals surface area contributed by atoms with Crippen molar-refractivity contribution in [2.24, 2.45) is 0 Å². The van der Waals surface area contributed by atoms with Gasteiger partial charge in [0.05, 0.1) is 43.3 Å². The van der Waals surface area contributed by atoms with Crippen LogP contribution in [0.4, 0.5) is 0 Å². The van der Waals surface area contributed by atoms with Gasteiger partial charge in [-0.05, 0) is 182 Å². The summed E-state index contributed by atoms with van der Waals surface area (Å²) in [7, 11) is 0. The molecule has 2 aliphatic carbocycles. The van der Waals surface area contributed by atoms with E-state index in [9.17, 15) is 0 Å². The van der Waals surface area contributed by atoms with E-state index in [1.165, 1.54) is 139 Å². The SMILES string of the molecule is CC(C)(C)c1ccc2c(c1)c1cc(C(C)(C)C)ccc1n2-c1c(-c2ccc3c(c2)C(C)(C)CCC3(C)C)cc2c(c1Br)-n1c3ccc(C(C)(C)C)cc3c3cc(C(C)(C)C)cc(c31)C21c2ccccc2-c2ccccc21. The molecule has 76 heavy (non-hydrogen) atoms. The molecule has 2 aromatic heterocycles. The van der Waals surface area contributed by atoms with Crippen LogP contribution in [0.3, 0.4) is 0 Å². The molecule has 0 saturated carbocycles. The van der Waals surface area contributed by atoms with Crippen LogP contribution in [0.5, 0.6) is 0 Å². The maximum atomic E-state index is 4.76. The third kappa shape index (κ3) is 6.82. The molecule has 0 unspecified atom stereocenters. The lowest BCUT2D eigenvalue weighted by Crippen LogP contribution is -2.35. The minimum absolute atomic E-state index is 0.0143. The molecule has 8 aromatic carbocycles. The lowest BCUT2D eigenvalue weighted by molar-refractivity contribution is 0.332. The smallest absolute Gasteiger partial charge is 0.0755 e. The minimum atomic E-state index is -0.658. The van der Waals surface area contributed by atoms with Crippen LogP contribution in [0.15, 0.2) is 144 Å². The maximum Gasteiger partial charge on any atom is 0.0755 e. The van der Waals surface area contributed by atoms with Crippen molar-refractivity contribution in [2.75, 3.05) is 0 Å². The minimum Gasteiger partial charge on any atom is -0.307 e. The largest absolute Gasteiger partial charge is 0.307 e. The number of rotatable bonds is 2. The summed E-state index contributed by atoms with van der Waals surface area (Å²) in [5.41, 5.74) is 25.3. The normalized spacial score (nSPS) is 16.4. The number of hydrogen-bond donors (Lipinski definition) is 0. The summed E-state index contributed by atoms with van der Waals surface area (Å²) in [6, 6.07) is 56.1. The molecule has 0 fully saturated rings. The summed E-state index contributed by atoms with van der Waals surface area (Å²) in [5.74, 6) is 0. The fourth-order valence-corrected chi connectivity index (χ4v) is 14.8. The number of hydrogen-bond acceptors (Lipinski definition) is 0. The lowest BCUT2D eigenvalue weighted by Gasteiger charge is -2.42. The molecular formula is C73H75BrN2. The highest BCUT2D eigenvalue weighted by Crippen LogP contribution is 2.64. The Morgan fingerprint density at radius 2 is 0.816 bits per heavy atom. The van der Waals surface area contributed by atoms with Crippen molar-refractivity contribution in [2.45, 2.75) is 162 Å². The van der Waals surface area contributed by atoms with Crippen LogP contribution >= 0.6 is 15.9 Å². The zero-order valence-corrected chi connectivity index (χ0v) is 49.6. The molecule has 3 heterocycles. The molecule has 0 radical (unpaired) electrons. The Hall–Kier alpha value is -6.16. The van der Waals surface area contributed by atoms with Crippen molar-refractivity contribution >= 4 is 59.5 Å². The van der Waals surface area contributed by atoms with Gasteiger partial charge in [-0.1, -0.05) is 202 Å². The third-order valence-corrected chi connectivity index (χ3v) is 19.4. The van der Waals surface area contributed by atoms with Crippen molar-refractivity contribution in [3.05, 3.63) is 200 Å². The summed E-state index contributed by atoms with van der Waals surface area (Å²) >= 11 is 4.76. The van der Waals surface area contributed by atoms with Gasteiger partial charge in [-0.25, -0.2) is 0 Å². The van der Waals surface area contributed by atoms with Gasteiger partial charge >= 0.3 is 0 Å². The van der Waals surface area contributed by atoms with Crippen molar-refractivity contribution in [1.29, 1.82) is 0 Å². The van der Waals surface area contributed by atoms with Gasteiger partial charge in [0, 0.05) is 27.1 Å². The van der Waals surface area contributed by atoms with Crippen LogP contribution in [-0.4, -0.2) is 9.13 Å². The monoisotopic (exact) mass is 1060 g/mol. The second-order valence-corrected chi connectivity index (χ2v) is 29.4. The molecule has 1 aliphatic heterocycles. The van der Waals surface area contributed by atoms with E-state index in [4.69, 9.17) is 15.9 Å². The molecule has 0 bridgehead atoms. The van der Waals surface area contributed by atoms with E-state index in [0.717, 1.165) is 10.9 Å². The topological polar surface area (TPSA) is 9.86 Å². The van der Waals surface area contributed by atoms with E-state index >= 15 is 0 Å². The molecule has 3 aliphatic rings. The van der Waals surface area contributed by atoms with Gasteiger partial charge in [-0.15, -0.1) is 0 Å². The maximum absolute atomic E-state index is 4.76. The quantitative estimate of drug-likeness (QED) is 0.163. The van der Waals surface area contributed by atoms with Crippen LogP contribution in [0.2, 0.25) is 0 Å². The number of fused-ring (bicyclic) bond motifs is 16. The van der Waals surface area contributed by atoms with E-state index in [1.807, 2.05) is 0 Å². The van der Waals surface area contributed by atoms with E-state index < -0.39 is 5.41 Å². The van der Waals surface area contributed by atoms with E-state index in [-0.39, 0.29) is 32.5 Å². The van der Waals surface area contributed by atoms with Gasteiger partial charge in [0.15, 0.2) is 0 Å². The molecule has 2 nitrogen and oxygen atoms in total. The first-order chi connectivity index (χ1) is 35.6. The van der Waals surface area contributed by atoms with Crippen LogP contribution < -0.4 is 0 Å². The average molecular weight is 1060 g/mol. The van der Waals surface area contributed by atoms with Crippen molar-refractivity contribution in [1.82, 2.24) is 9.13 Å². The molecule has 384 valence electrons. The Morgan fingerprint density at radius 1 is 0.368 bits per heavy atom. The molecule has 3 heteroatoms. The summed E-state index contributed by atoms with van der Waals surface area (Å²) in [6.45, 7) is 38.1. The zero-order valence-electron chi connectivity index (χ0n) is 48.0. The Kier molecular flexibility index (Phi) is 10.2. The third-order valence-electron chi connectivity index (χ3n) is 18.7. The van der Waals surface area contributed by atoms with Crippen LogP contribution in [0.25, 0.3) is 77.2 Å². The van der Waals surface area contributed by atoms with Crippen molar-refractivity contribution in [3.63, 3.8) is 0 Å². The summed E-state index contributed by atoms with van der Waals surface area (Å²) in [5, 5.41) is 5.19. The first kappa shape index (κ1) is 49.4. The van der Waals surface area contributed by atoms with Crippen LogP contribution in [-0.2, 0) is 37.9 Å². The van der Waals surface area contributed by atoms with Crippen molar-refractivity contribution in [3.8, 4) is 33.6 Å². The van der Waals surface area contributed by atoms with Crippen LogP contribution in [0.1, 0.15) is 179 Å². The second-order valence-electron chi connectivity index (χ2n) is 28.6. The Balaban J connectivity index is 1.29. The number of benzene rings is 8. The van der Waals surface area contributed by atoms with E-state index in [1.54, 1.807) is 0 Å². The number of aromatic nitrogens is 2. The zero-order chi connectivity index (χ0) is 53.8. The van der Waals surface area contributed by atoms with Gasteiger partial charge in [0.2, 0.25) is 0 Å². The standard InChI is InChI=1S/C73H75BrN2/c1-67(2,3)43-26-30-60-50(36-43)51-37-44(68(4,5)6)27-31-61(51)75(60)65-49(42-25-29-56-57(35-42)72(15,16)34-33-71(56,13)14)41-59-66(63(65)74)76-62-32-28-45(69(7,8)9)38-52(62)53-39-46(70(10,11)12)40-58(64(53)76)73(59)54-23-19-17-21-47(54)48-22-18-20-24-55(48)73/h17-32,35-41H,33-34H2,1-16H3. The Labute approximate surface area is 460 Å². The van der Waals surface area contributed by atoms with Gasteiger partial charge in [0.25, 0.3) is 0 Å². The van der Waals surface area contributed by atoms with Crippen molar-refractivity contribution < 1.29 is 0 Å². The summed E-state index contributed by atoms with van der Waals surface area (Å²) < 4.78 is 6.42. The highest BCUT2D eigenvalue weighted by Gasteiger charge is 2.52. The Morgan fingerprint density at radius 3 is 1.32 bits per heavy atom. The molecule has 10 aromatic rings. The van der Waals surface area contributed by atoms with Gasteiger partial charge < -0.3 is 9.13 Å². The fraction of sp³-hybridized carbons (Fsp3) is 0.342. The number of nitrogens with zero attached hydrogens (tertiary/aromatic N) is 2. The molecular weight excluding hydrogens is 985 g/mol. The predicted octanol–water partition coefficient (Wildman–Crippen LogP) is 20.5. The molecule has 0 N–H and O–H groups in total. The molecule has 0 saturated heterocycles. The fourth-order valence-electron chi connectivity index (χ4n) is 14.1. The molecule has 0 atom stereocenters. The first-order valence-corrected chi connectivity index (χ1v) is 28.9. The average Bonchev–Trinajstić information content (AvgIpc) is 4.17. The summed E-state index contributed by atoms with van der Waals surface area (Å²) in [4.78, 5) is 0. The van der Waals surface area contributed by atoms with Gasteiger partial charge in [-0.3, -0.25) is 0 Å². The number of halogens is 1. The van der Waals surface area contributed by atoms with Gasteiger partial charge in [0.1, 0.15) is 0 Å². The molecule has 13 rings (SSSR count). The first-order valence-electron chi connectivity index (χ1n) is 28.1.